The molecule has 5 heteroatoms. The Morgan fingerprint density at radius 2 is 1.67 bits per heavy atom. The maximum atomic E-state index is 10.2. The van der Waals surface area contributed by atoms with E-state index in [0.29, 0.717) is 0 Å². The number of aromatic hydroxyl groups is 2. The SMILES string of the molecule is O=C([O-])c1c(O)cccc1O.[Cu+]. The molecule has 0 aliphatic carbocycles. The van der Waals surface area contributed by atoms with Crippen LogP contribution in [0.15, 0.2) is 18.2 Å². The molecule has 0 atom stereocenters. The molecule has 0 aliphatic rings. The van der Waals surface area contributed by atoms with Crippen LogP contribution in [0.1, 0.15) is 10.4 Å². The Morgan fingerprint density at radius 1 is 1.25 bits per heavy atom. The van der Waals surface area contributed by atoms with Crippen LogP contribution in [0, 0.1) is 0 Å². The van der Waals surface area contributed by atoms with Gasteiger partial charge in [0.1, 0.15) is 11.5 Å². The summed E-state index contributed by atoms with van der Waals surface area (Å²) in [6.45, 7) is 0. The van der Waals surface area contributed by atoms with E-state index in [0.717, 1.165) is 12.1 Å². The smallest absolute Gasteiger partial charge is 0.545 e. The minimum absolute atomic E-state index is 0. The normalized spacial score (nSPS) is 8.67. The maximum Gasteiger partial charge on any atom is 1.00 e. The van der Waals surface area contributed by atoms with E-state index in [4.69, 9.17) is 10.2 Å². The van der Waals surface area contributed by atoms with E-state index in [1.54, 1.807) is 0 Å². The number of carbonyl (C=O) groups excluding carboxylic acids is 1. The van der Waals surface area contributed by atoms with Gasteiger partial charge in [0, 0.05) is 0 Å². The van der Waals surface area contributed by atoms with Crippen molar-refractivity contribution in [3.63, 3.8) is 0 Å². The van der Waals surface area contributed by atoms with Gasteiger partial charge in [0.05, 0.1) is 11.5 Å². The van der Waals surface area contributed by atoms with Crippen LogP contribution >= 0.6 is 0 Å². The second-order valence-corrected chi connectivity index (χ2v) is 1.96. The molecule has 1 aromatic rings. The second kappa shape index (κ2) is 3.99. The molecule has 0 unspecified atom stereocenters. The van der Waals surface area contributed by atoms with Crippen LogP contribution in [0.3, 0.4) is 0 Å². The second-order valence-electron chi connectivity index (χ2n) is 1.96. The van der Waals surface area contributed by atoms with Crippen molar-refractivity contribution in [2.24, 2.45) is 0 Å². The van der Waals surface area contributed by atoms with Gasteiger partial charge in [-0.3, -0.25) is 0 Å². The van der Waals surface area contributed by atoms with Crippen LogP contribution in [0.25, 0.3) is 0 Å². The topological polar surface area (TPSA) is 80.6 Å². The fourth-order valence-corrected chi connectivity index (χ4v) is 0.737. The van der Waals surface area contributed by atoms with Crippen LogP contribution in [-0.4, -0.2) is 16.2 Å². The van der Waals surface area contributed by atoms with E-state index in [9.17, 15) is 9.90 Å². The third kappa shape index (κ3) is 1.90. The predicted molar refractivity (Wildman–Crippen MR) is 34.1 cm³/mol. The number of carbonyl (C=O) groups is 1. The Hall–Kier alpha value is -1.19. The van der Waals surface area contributed by atoms with Gasteiger partial charge in [0.15, 0.2) is 0 Å². The molecule has 1 rings (SSSR count). The summed E-state index contributed by atoms with van der Waals surface area (Å²) < 4.78 is 0. The summed E-state index contributed by atoms with van der Waals surface area (Å²) in [5.74, 6) is -2.59. The summed E-state index contributed by atoms with van der Waals surface area (Å²) in [5, 5.41) is 28.0. The molecular weight excluding hydrogens is 212 g/mol. The Morgan fingerprint density at radius 3 is 1.92 bits per heavy atom. The van der Waals surface area contributed by atoms with E-state index in [-0.39, 0.29) is 17.1 Å². The average Bonchev–Trinajstić information content (AvgIpc) is 1.85. The summed E-state index contributed by atoms with van der Waals surface area (Å²) in [6.07, 6.45) is 0. The fourth-order valence-electron chi connectivity index (χ4n) is 0.737. The number of aromatic carboxylic acids is 1. The van der Waals surface area contributed by atoms with Crippen molar-refractivity contribution in [3.8, 4) is 11.5 Å². The van der Waals surface area contributed by atoms with Crippen molar-refractivity contribution in [2.45, 2.75) is 0 Å². The van der Waals surface area contributed by atoms with Gasteiger partial charge in [-0.25, -0.2) is 0 Å². The largest absolute Gasteiger partial charge is 1.00 e. The number of hydrogen-bond donors (Lipinski definition) is 2. The molecule has 0 saturated heterocycles. The first-order valence-corrected chi connectivity index (χ1v) is 2.85. The molecule has 0 radical (unpaired) electrons. The molecule has 0 aliphatic heterocycles. The fraction of sp³-hybridized carbons (Fsp3) is 0. The maximum absolute atomic E-state index is 10.2. The van der Waals surface area contributed by atoms with Crippen molar-refractivity contribution in [1.82, 2.24) is 0 Å². The van der Waals surface area contributed by atoms with E-state index in [1.165, 1.54) is 6.07 Å². The molecule has 0 saturated carbocycles. The zero-order valence-electron chi connectivity index (χ0n) is 5.74. The zero-order chi connectivity index (χ0) is 8.43. The van der Waals surface area contributed by atoms with Gasteiger partial charge in [0.25, 0.3) is 0 Å². The number of rotatable bonds is 1. The van der Waals surface area contributed by atoms with Crippen molar-refractivity contribution in [1.29, 1.82) is 0 Å². The Bertz CT molecular complexity index is 277. The van der Waals surface area contributed by atoms with Crippen LogP contribution in [0.5, 0.6) is 11.5 Å². The van der Waals surface area contributed by atoms with Gasteiger partial charge in [-0.05, 0) is 12.1 Å². The van der Waals surface area contributed by atoms with Crippen LogP contribution in [-0.2, 0) is 17.1 Å². The van der Waals surface area contributed by atoms with Crippen molar-refractivity contribution < 1.29 is 37.2 Å². The molecule has 0 amide bonds. The van der Waals surface area contributed by atoms with Gasteiger partial charge in [-0.15, -0.1) is 0 Å². The number of phenols is 2. The van der Waals surface area contributed by atoms with Gasteiger partial charge >= 0.3 is 17.1 Å². The summed E-state index contributed by atoms with van der Waals surface area (Å²) in [4.78, 5) is 10.2. The van der Waals surface area contributed by atoms with Gasteiger partial charge in [-0.1, -0.05) is 6.07 Å². The molecule has 0 heterocycles. The minimum atomic E-state index is -1.60. The monoisotopic (exact) mass is 216 g/mol. The van der Waals surface area contributed by atoms with Crippen molar-refractivity contribution in [2.75, 3.05) is 0 Å². The standard InChI is InChI=1S/C7H6O4.Cu/c8-4-2-1-3-5(9)6(4)7(10)11;/h1-3,8-9H,(H,10,11);/q;+1/p-1. The summed E-state index contributed by atoms with van der Waals surface area (Å²) in [7, 11) is 0. The van der Waals surface area contributed by atoms with E-state index in [1.807, 2.05) is 0 Å². The van der Waals surface area contributed by atoms with E-state index >= 15 is 0 Å². The molecule has 12 heavy (non-hydrogen) atoms. The third-order valence-corrected chi connectivity index (χ3v) is 1.22. The molecule has 4 nitrogen and oxygen atoms in total. The Kier molecular flexibility index (Phi) is 3.60. The molecule has 1 aromatic carbocycles. The van der Waals surface area contributed by atoms with Gasteiger partial charge < -0.3 is 20.1 Å². The summed E-state index contributed by atoms with van der Waals surface area (Å²) in [5.41, 5.74) is -0.576. The molecule has 2 N–H and O–H groups in total. The van der Waals surface area contributed by atoms with Crippen LogP contribution in [0.2, 0.25) is 0 Å². The first kappa shape index (κ1) is 10.8. The van der Waals surface area contributed by atoms with Gasteiger partial charge in [-0.2, -0.15) is 0 Å². The van der Waals surface area contributed by atoms with Crippen molar-refractivity contribution >= 4 is 5.97 Å². The quantitative estimate of drug-likeness (QED) is 0.618. The Labute approximate surface area is 78.9 Å². The molecule has 0 fully saturated rings. The number of benzene rings is 1. The number of carboxylic acids is 1. The van der Waals surface area contributed by atoms with Crippen molar-refractivity contribution in [3.05, 3.63) is 23.8 Å². The minimum Gasteiger partial charge on any atom is -0.545 e. The first-order chi connectivity index (χ1) is 5.13. The van der Waals surface area contributed by atoms with Crippen LogP contribution < -0.4 is 5.11 Å². The van der Waals surface area contributed by atoms with E-state index < -0.39 is 23.0 Å². The van der Waals surface area contributed by atoms with E-state index in [2.05, 4.69) is 0 Å². The molecule has 0 aromatic heterocycles. The first-order valence-electron chi connectivity index (χ1n) is 2.85. The molecule has 0 bridgehead atoms. The summed E-state index contributed by atoms with van der Waals surface area (Å²) in [6, 6.07) is 3.65. The molecule has 0 spiro atoms. The Balaban J connectivity index is 0.00000121. The third-order valence-electron chi connectivity index (χ3n) is 1.22. The molecular formula is C7H5CuO4. The number of carboxylic acid groups (broad SMARTS) is 1. The number of hydrogen-bond acceptors (Lipinski definition) is 4. The summed E-state index contributed by atoms with van der Waals surface area (Å²) >= 11 is 0. The van der Waals surface area contributed by atoms with Gasteiger partial charge in [0.2, 0.25) is 0 Å². The van der Waals surface area contributed by atoms with Crippen LogP contribution in [0.4, 0.5) is 0 Å². The molecule has 68 valence electrons. The average molecular weight is 217 g/mol. The predicted octanol–water partition coefficient (Wildman–Crippen LogP) is -0.541. The zero-order valence-corrected chi connectivity index (χ0v) is 6.69.